The number of amides is 5. The van der Waals surface area contributed by atoms with Gasteiger partial charge in [-0.2, -0.15) is 0 Å². The number of urea groups is 1. The maximum atomic E-state index is 12.3. The Morgan fingerprint density at radius 2 is 1.96 bits per heavy atom. The molecule has 1 aromatic carbocycles. The molecule has 9 nitrogen and oxygen atoms in total. The highest BCUT2D eigenvalue weighted by atomic mass is 16.2. The molecule has 27 heavy (non-hydrogen) atoms. The summed E-state index contributed by atoms with van der Waals surface area (Å²) in [5.41, 5.74) is 6.40. The van der Waals surface area contributed by atoms with Gasteiger partial charge >= 0.3 is 6.03 Å². The first-order chi connectivity index (χ1) is 12.9. The zero-order valence-electron chi connectivity index (χ0n) is 14.9. The number of carbonyl (C=O) groups excluding carboxylic acids is 4. The number of nitrogens with one attached hydrogen (secondary N) is 2. The Balaban J connectivity index is 1.48. The van der Waals surface area contributed by atoms with Crippen LogP contribution in [0.1, 0.15) is 23.2 Å². The van der Waals surface area contributed by atoms with Gasteiger partial charge in [0, 0.05) is 30.9 Å². The first kappa shape index (κ1) is 18.8. The van der Waals surface area contributed by atoms with Crippen LogP contribution in [-0.2, 0) is 9.59 Å². The van der Waals surface area contributed by atoms with Crippen LogP contribution in [0.5, 0.6) is 0 Å². The van der Waals surface area contributed by atoms with Crippen LogP contribution < -0.4 is 21.3 Å². The molecule has 0 bridgehead atoms. The molecule has 0 spiro atoms. The van der Waals surface area contributed by atoms with Gasteiger partial charge in [0.1, 0.15) is 6.54 Å². The van der Waals surface area contributed by atoms with Gasteiger partial charge in [0.15, 0.2) is 0 Å². The first-order valence-electron chi connectivity index (χ1n) is 8.95. The smallest absolute Gasteiger partial charge is 0.329 e. The SMILES string of the molecule is NC(=O)[C@@H]1CCCN(CCNC(=O)c2ccc(N3CC(=O)NC3=O)cc2)C1. The summed E-state index contributed by atoms with van der Waals surface area (Å²) < 4.78 is 0. The molecule has 1 atom stereocenters. The summed E-state index contributed by atoms with van der Waals surface area (Å²) in [4.78, 5) is 49.9. The molecule has 2 fully saturated rings. The van der Waals surface area contributed by atoms with Crippen molar-refractivity contribution < 1.29 is 19.2 Å². The minimum atomic E-state index is -0.465. The van der Waals surface area contributed by atoms with E-state index in [-0.39, 0.29) is 30.2 Å². The Morgan fingerprint density at radius 1 is 1.22 bits per heavy atom. The topological polar surface area (TPSA) is 125 Å². The molecule has 2 aliphatic heterocycles. The van der Waals surface area contributed by atoms with Gasteiger partial charge in [-0.05, 0) is 43.7 Å². The third-order valence-corrected chi connectivity index (χ3v) is 4.86. The predicted octanol–water partition coefficient (Wildman–Crippen LogP) is -0.330. The van der Waals surface area contributed by atoms with E-state index >= 15 is 0 Å². The monoisotopic (exact) mass is 373 g/mol. The highest BCUT2D eigenvalue weighted by molar-refractivity contribution is 6.12. The first-order valence-corrected chi connectivity index (χ1v) is 8.95. The number of nitrogens with two attached hydrogens (primary N) is 1. The lowest BCUT2D eigenvalue weighted by molar-refractivity contribution is -0.123. The maximum absolute atomic E-state index is 12.3. The van der Waals surface area contributed by atoms with Crippen molar-refractivity contribution in [3.05, 3.63) is 29.8 Å². The zero-order valence-corrected chi connectivity index (χ0v) is 14.9. The molecule has 2 aliphatic rings. The summed E-state index contributed by atoms with van der Waals surface area (Å²) >= 11 is 0. The van der Waals surface area contributed by atoms with Gasteiger partial charge in [-0.3, -0.25) is 24.6 Å². The summed E-state index contributed by atoms with van der Waals surface area (Å²) in [7, 11) is 0. The predicted molar refractivity (Wildman–Crippen MR) is 98.0 cm³/mol. The highest BCUT2D eigenvalue weighted by Crippen LogP contribution is 2.18. The lowest BCUT2D eigenvalue weighted by Crippen LogP contribution is -2.44. The molecule has 2 heterocycles. The van der Waals surface area contributed by atoms with Gasteiger partial charge in [0.2, 0.25) is 11.8 Å². The largest absolute Gasteiger partial charge is 0.369 e. The summed E-state index contributed by atoms with van der Waals surface area (Å²) in [5, 5.41) is 5.06. The molecule has 0 aliphatic carbocycles. The second-order valence-corrected chi connectivity index (χ2v) is 6.78. The van der Waals surface area contributed by atoms with Gasteiger partial charge in [-0.1, -0.05) is 0 Å². The van der Waals surface area contributed by atoms with Crippen LogP contribution >= 0.6 is 0 Å². The molecule has 1 aromatic rings. The van der Waals surface area contributed by atoms with Gasteiger partial charge in [0.05, 0.1) is 5.92 Å². The molecule has 2 saturated heterocycles. The van der Waals surface area contributed by atoms with Crippen LogP contribution in [0.15, 0.2) is 24.3 Å². The van der Waals surface area contributed by atoms with E-state index in [1.165, 1.54) is 4.90 Å². The summed E-state index contributed by atoms with van der Waals surface area (Å²) in [5.74, 6) is -0.945. The zero-order chi connectivity index (χ0) is 19.4. The van der Waals surface area contributed by atoms with Crippen LogP contribution in [0, 0.1) is 5.92 Å². The fourth-order valence-electron chi connectivity index (χ4n) is 3.36. The number of likely N-dealkylation sites (tertiary alicyclic amines) is 1. The number of hydrogen-bond donors (Lipinski definition) is 3. The normalized spacial score (nSPS) is 20.4. The molecular formula is C18H23N5O4. The highest BCUT2D eigenvalue weighted by Gasteiger charge is 2.28. The van der Waals surface area contributed by atoms with Crippen molar-refractivity contribution in [1.82, 2.24) is 15.5 Å². The van der Waals surface area contributed by atoms with Gasteiger partial charge < -0.3 is 16.0 Å². The van der Waals surface area contributed by atoms with E-state index in [9.17, 15) is 19.2 Å². The lowest BCUT2D eigenvalue weighted by Gasteiger charge is -2.31. The molecule has 0 radical (unpaired) electrons. The van der Waals surface area contributed by atoms with Crippen LogP contribution in [0.25, 0.3) is 0 Å². The molecule has 5 amide bonds. The van der Waals surface area contributed by atoms with Gasteiger partial charge in [-0.15, -0.1) is 0 Å². The summed E-state index contributed by atoms with van der Waals surface area (Å²) in [6.45, 7) is 2.63. The summed E-state index contributed by atoms with van der Waals surface area (Å²) in [6.07, 6.45) is 1.75. The molecule has 0 unspecified atom stereocenters. The number of rotatable bonds is 6. The van der Waals surface area contributed by atoms with Crippen molar-refractivity contribution in [3.8, 4) is 0 Å². The summed E-state index contributed by atoms with van der Waals surface area (Å²) in [6, 6.07) is 6.04. The van der Waals surface area contributed by atoms with E-state index in [4.69, 9.17) is 5.73 Å². The van der Waals surface area contributed by atoms with Crippen molar-refractivity contribution in [1.29, 1.82) is 0 Å². The number of anilines is 1. The fourth-order valence-corrected chi connectivity index (χ4v) is 3.36. The van der Waals surface area contributed by atoms with Crippen molar-refractivity contribution in [2.75, 3.05) is 37.6 Å². The molecule has 0 saturated carbocycles. The van der Waals surface area contributed by atoms with E-state index in [0.717, 1.165) is 19.4 Å². The van der Waals surface area contributed by atoms with Gasteiger partial charge in [0.25, 0.3) is 5.91 Å². The van der Waals surface area contributed by atoms with Crippen LogP contribution in [0.4, 0.5) is 10.5 Å². The van der Waals surface area contributed by atoms with E-state index in [1.807, 2.05) is 0 Å². The van der Waals surface area contributed by atoms with Crippen LogP contribution in [0.2, 0.25) is 0 Å². The third-order valence-electron chi connectivity index (χ3n) is 4.86. The number of primary amides is 1. The van der Waals surface area contributed by atoms with E-state index in [1.54, 1.807) is 24.3 Å². The van der Waals surface area contributed by atoms with Crippen molar-refractivity contribution >= 4 is 29.4 Å². The van der Waals surface area contributed by atoms with Crippen molar-refractivity contribution in [2.45, 2.75) is 12.8 Å². The molecule has 9 heteroatoms. The number of nitrogens with zero attached hydrogens (tertiary/aromatic N) is 2. The second-order valence-electron chi connectivity index (χ2n) is 6.78. The van der Waals surface area contributed by atoms with Gasteiger partial charge in [-0.25, -0.2) is 4.79 Å². The standard InChI is InChI=1S/C18H23N5O4/c19-16(25)13-2-1-8-22(10-13)9-7-20-17(26)12-3-5-14(6-4-12)23-11-15(24)21-18(23)27/h3-6,13H,1-2,7-11H2,(H2,19,25)(H,20,26)(H,21,24,27)/t13-/m1/s1. The number of carbonyl (C=O) groups is 4. The minimum Gasteiger partial charge on any atom is -0.369 e. The van der Waals surface area contributed by atoms with Crippen LogP contribution in [0.3, 0.4) is 0 Å². The fraction of sp³-hybridized carbons (Fsp3) is 0.444. The lowest BCUT2D eigenvalue weighted by atomic mass is 9.97. The Labute approximate surface area is 156 Å². The van der Waals surface area contributed by atoms with E-state index in [0.29, 0.717) is 30.9 Å². The molecule has 3 rings (SSSR count). The average molecular weight is 373 g/mol. The van der Waals surface area contributed by atoms with Crippen molar-refractivity contribution in [2.24, 2.45) is 11.7 Å². The number of imide groups is 1. The quantitative estimate of drug-likeness (QED) is 0.589. The Bertz CT molecular complexity index is 749. The number of piperidine rings is 1. The maximum Gasteiger partial charge on any atom is 0.329 e. The minimum absolute atomic E-state index is 0.0213. The third kappa shape index (κ3) is 4.62. The molecular weight excluding hydrogens is 350 g/mol. The number of benzene rings is 1. The Morgan fingerprint density at radius 3 is 2.59 bits per heavy atom. The second kappa shape index (κ2) is 8.17. The molecule has 0 aromatic heterocycles. The molecule has 4 N–H and O–H groups in total. The van der Waals surface area contributed by atoms with Crippen LogP contribution in [-0.4, -0.2) is 61.4 Å². The van der Waals surface area contributed by atoms with Crippen molar-refractivity contribution in [3.63, 3.8) is 0 Å². The van der Waals surface area contributed by atoms with E-state index in [2.05, 4.69) is 15.5 Å². The molecule has 144 valence electrons. The Kier molecular flexibility index (Phi) is 5.70. The Hall–Kier alpha value is -2.94. The number of hydrogen-bond acceptors (Lipinski definition) is 5. The average Bonchev–Trinajstić information content (AvgIpc) is 3.00. The van der Waals surface area contributed by atoms with E-state index < -0.39 is 6.03 Å².